The maximum Gasteiger partial charge on any atom is 0.265 e. The monoisotopic (exact) mass is 366 g/mol. The van der Waals surface area contributed by atoms with Gasteiger partial charge in [0.15, 0.2) is 0 Å². The Labute approximate surface area is 157 Å². The average molecular weight is 366 g/mol. The van der Waals surface area contributed by atoms with E-state index in [9.17, 15) is 4.79 Å². The summed E-state index contributed by atoms with van der Waals surface area (Å²) in [7, 11) is 1.88. The topological polar surface area (TPSA) is 51.0 Å². The number of likely N-dealkylation sites (tertiary alicyclic amines) is 1. The lowest BCUT2D eigenvalue weighted by Gasteiger charge is -2.32. The van der Waals surface area contributed by atoms with Gasteiger partial charge < -0.3 is 4.90 Å². The zero-order valence-electron chi connectivity index (χ0n) is 15.1. The summed E-state index contributed by atoms with van der Waals surface area (Å²) in [5.74, 6) is 0.647. The summed E-state index contributed by atoms with van der Waals surface area (Å²) in [6.07, 6.45) is 7.43. The average Bonchev–Trinajstić information content (AvgIpc) is 3.31. The van der Waals surface area contributed by atoms with Crippen molar-refractivity contribution in [2.45, 2.75) is 25.7 Å². The van der Waals surface area contributed by atoms with Gasteiger partial charge in [-0.1, -0.05) is 24.3 Å². The lowest BCUT2D eigenvalue weighted by atomic mass is 9.87. The highest BCUT2D eigenvalue weighted by Gasteiger charge is 2.26. The number of nitrogens with zero attached hydrogens (tertiary/aromatic N) is 4. The molecule has 0 bridgehead atoms. The van der Waals surface area contributed by atoms with Gasteiger partial charge >= 0.3 is 0 Å². The smallest absolute Gasteiger partial charge is 0.265 e. The Balaban J connectivity index is 1.42. The molecule has 0 saturated carbocycles. The van der Waals surface area contributed by atoms with Gasteiger partial charge in [-0.05, 0) is 36.8 Å². The number of carbonyl (C=O) groups excluding carboxylic acids is 1. The van der Waals surface area contributed by atoms with Crippen LogP contribution in [0.1, 0.15) is 39.6 Å². The van der Waals surface area contributed by atoms with Crippen LogP contribution in [0, 0.1) is 6.92 Å². The van der Waals surface area contributed by atoms with Gasteiger partial charge in [0.05, 0.1) is 12.4 Å². The predicted octanol–water partition coefficient (Wildman–Crippen LogP) is 3.87. The van der Waals surface area contributed by atoms with Crippen LogP contribution in [-0.4, -0.2) is 38.7 Å². The maximum atomic E-state index is 12.8. The summed E-state index contributed by atoms with van der Waals surface area (Å²) < 4.78 is 1.74. The number of carbonyl (C=O) groups is 1. The molecule has 5 nitrogen and oxygen atoms in total. The van der Waals surface area contributed by atoms with Gasteiger partial charge in [-0.25, -0.2) is 4.98 Å². The third-order valence-corrected chi connectivity index (χ3v) is 6.11. The van der Waals surface area contributed by atoms with E-state index in [2.05, 4.69) is 41.3 Å². The molecular formula is C20H22N4OS. The van der Waals surface area contributed by atoms with E-state index in [0.29, 0.717) is 10.8 Å². The fourth-order valence-electron chi connectivity index (χ4n) is 3.63. The van der Waals surface area contributed by atoms with E-state index in [4.69, 9.17) is 0 Å². The van der Waals surface area contributed by atoms with Crippen LogP contribution < -0.4 is 0 Å². The van der Waals surface area contributed by atoms with E-state index in [1.807, 2.05) is 18.1 Å². The molecule has 0 radical (unpaired) electrons. The molecule has 4 rings (SSSR count). The third kappa shape index (κ3) is 3.29. The lowest BCUT2D eigenvalue weighted by molar-refractivity contribution is 0.0717. The van der Waals surface area contributed by atoms with Crippen molar-refractivity contribution in [3.8, 4) is 10.6 Å². The number of aromatic nitrogens is 3. The molecular weight excluding hydrogens is 344 g/mol. The fraction of sp³-hybridized carbons (Fsp3) is 0.350. The molecule has 6 heteroatoms. The minimum absolute atomic E-state index is 0.0980. The van der Waals surface area contributed by atoms with Gasteiger partial charge in [0, 0.05) is 31.9 Å². The van der Waals surface area contributed by atoms with E-state index in [1.165, 1.54) is 22.5 Å². The molecule has 0 unspecified atom stereocenters. The highest BCUT2D eigenvalue weighted by molar-refractivity contribution is 7.16. The Bertz CT molecular complexity index is 921. The number of amides is 1. The van der Waals surface area contributed by atoms with Crippen LogP contribution in [0.2, 0.25) is 0 Å². The van der Waals surface area contributed by atoms with E-state index in [1.54, 1.807) is 17.1 Å². The highest BCUT2D eigenvalue weighted by Crippen LogP contribution is 2.32. The summed E-state index contributed by atoms with van der Waals surface area (Å²) in [4.78, 5) is 19.9. The normalized spacial score (nSPS) is 15.4. The molecule has 3 aromatic rings. The number of rotatable bonds is 3. The largest absolute Gasteiger partial charge is 0.338 e. The Morgan fingerprint density at radius 3 is 2.65 bits per heavy atom. The Hall–Kier alpha value is -2.47. The first-order chi connectivity index (χ1) is 12.6. The number of thiazole rings is 1. The van der Waals surface area contributed by atoms with Crippen LogP contribution in [0.4, 0.5) is 0 Å². The molecule has 1 amide bonds. The molecule has 134 valence electrons. The Kier molecular flexibility index (Phi) is 4.59. The number of benzene rings is 1. The minimum Gasteiger partial charge on any atom is -0.338 e. The molecule has 1 aromatic carbocycles. The van der Waals surface area contributed by atoms with E-state index in [0.717, 1.165) is 36.5 Å². The quantitative estimate of drug-likeness (QED) is 0.707. The summed E-state index contributed by atoms with van der Waals surface area (Å²) in [6.45, 7) is 3.78. The molecule has 0 spiro atoms. The molecule has 26 heavy (non-hydrogen) atoms. The molecule has 1 aliphatic rings. The van der Waals surface area contributed by atoms with Crippen molar-refractivity contribution in [3.05, 3.63) is 58.9 Å². The first-order valence-corrected chi connectivity index (χ1v) is 9.73. The van der Waals surface area contributed by atoms with Crippen LogP contribution in [-0.2, 0) is 7.05 Å². The second kappa shape index (κ2) is 7.03. The number of piperidine rings is 1. The van der Waals surface area contributed by atoms with Gasteiger partial charge in [-0.2, -0.15) is 5.10 Å². The van der Waals surface area contributed by atoms with Gasteiger partial charge in [0.1, 0.15) is 9.88 Å². The minimum atomic E-state index is 0.0980. The van der Waals surface area contributed by atoms with Crippen molar-refractivity contribution in [1.82, 2.24) is 19.7 Å². The zero-order valence-corrected chi connectivity index (χ0v) is 15.9. The highest BCUT2D eigenvalue weighted by atomic mass is 32.1. The van der Waals surface area contributed by atoms with Crippen molar-refractivity contribution < 1.29 is 4.79 Å². The SMILES string of the molecule is Cc1ccccc1C1CCN(C(=O)c2cnc(-c3cnn(C)c3)s2)CC1. The Morgan fingerprint density at radius 2 is 1.96 bits per heavy atom. The van der Waals surface area contributed by atoms with Crippen molar-refractivity contribution in [1.29, 1.82) is 0 Å². The van der Waals surface area contributed by atoms with Crippen molar-refractivity contribution >= 4 is 17.2 Å². The fourth-order valence-corrected chi connectivity index (χ4v) is 4.49. The molecule has 2 aromatic heterocycles. The van der Waals surface area contributed by atoms with E-state index in [-0.39, 0.29) is 5.91 Å². The van der Waals surface area contributed by atoms with Crippen molar-refractivity contribution in [3.63, 3.8) is 0 Å². The second-order valence-electron chi connectivity index (χ2n) is 6.86. The van der Waals surface area contributed by atoms with Gasteiger partial charge in [-0.15, -0.1) is 11.3 Å². The van der Waals surface area contributed by atoms with Crippen molar-refractivity contribution in [2.75, 3.05) is 13.1 Å². The summed E-state index contributed by atoms with van der Waals surface area (Å²) >= 11 is 1.45. The van der Waals surface area contributed by atoms with E-state index >= 15 is 0 Å². The van der Waals surface area contributed by atoms with Crippen molar-refractivity contribution in [2.24, 2.45) is 7.05 Å². The third-order valence-electron chi connectivity index (χ3n) is 5.08. The summed E-state index contributed by atoms with van der Waals surface area (Å²) in [5.41, 5.74) is 3.73. The number of hydrogen-bond acceptors (Lipinski definition) is 4. The molecule has 0 aliphatic carbocycles. The maximum absolute atomic E-state index is 12.8. The zero-order chi connectivity index (χ0) is 18.1. The Morgan fingerprint density at radius 1 is 1.19 bits per heavy atom. The first-order valence-electron chi connectivity index (χ1n) is 8.91. The van der Waals surface area contributed by atoms with Gasteiger partial charge in [0.2, 0.25) is 0 Å². The molecule has 3 heterocycles. The lowest BCUT2D eigenvalue weighted by Crippen LogP contribution is -2.37. The van der Waals surface area contributed by atoms with Crippen LogP contribution in [0.3, 0.4) is 0 Å². The molecule has 1 aliphatic heterocycles. The van der Waals surface area contributed by atoms with E-state index < -0.39 is 0 Å². The van der Waals surface area contributed by atoms with Crippen LogP contribution in [0.15, 0.2) is 42.9 Å². The molecule has 1 fully saturated rings. The summed E-state index contributed by atoms with van der Waals surface area (Å²) in [5, 5.41) is 5.01. The first kappa shape index (κ1) is 17.0. The second-order valence-corrected chi connectivity index (χ2v) is 7.89. The molecule has 0 atom stereocenters. The van der Waals surface area contributed by atoms with Gasteiger partial charge in [-0.3, -0.25) is 9.48 Å². The molecule has 1 saturated heterocycles. The summed E-state index contributed by atoms with van der Waals surface area (Å²) in [6, 6.07) is 8.59. The van der Waals surface area contributed by atoms with Crippen LogP contribution >= 0.6 is 11.3 Å². The van der Waals surface area contributed by atoms with Crippen LogP contribution in [0.25, 0.3) is 10.6 Å². The molecule has 0 N–H and O–H groups in total. The number of aryl methyl sites for hydroxylation is 2. The van der Waals surface area contributed by atoms with Crippen LogP contribution in [0.5, 0.6) is 0 Å². The standard InChI is InChI=1S/C20H22N4OS/c1-14-5-3-4-6-17(14)15-7-9-24(10-8-15)20(25)18-12-21-19(26-18)16-11-22-23(2)13-16/h3-6,11-13,15H,7-10H2,1-2H3. The number of hydrogen-bond donors (Lipinski definition) is 0. The predicted molar refractivity (Wildman–Crippen MR) is 103 cm³/mol. The van der Waals surface area contributed by atoms with Gasteiger partial charge in [0.25, 0.3) is 5.91 Å².